The van der Waals surface area contributed by atoms with E-state index in [1.807, 2.05) is 19.1 Å². The second kappa shape index (κ2) is 12.7. The van der Waals surface area contributed by atoms with Crippen LogP contribution in [0.25, 0.3) is 6.08 Å². The molecule has 2 aliphatic heterocycles. The number of likely N-dealkylation sites (tertiary alicyclic amines) is 2. The number of halogens is 1. The number of benzene rings is 2. The van der Waals surface area contributed by atoms with Crippen molar-refractivity contribution in [1.82, 2.24) is 9.80 Å². The van der Waals surface area contributed by atoms with E-state index in [0.717, 1.165) is 50.0 Å². The number of piperidine rings is 2. The molecule has 36 heavy (non-hydrogen) atoms. The quantitative estimate of drug-likeness (QED) is 0.389. The van der Waals surface area contributed by atoms with Crippen LogP contribution in [0.5, 0.6) is 5.75 Å². The Morgan fingerprint density at radius 2 is 1.83 bits per heavy atom. The van der Waals surface area contributed by atoms with Gasteiger partial charge in [0.2, 0.25) is 5.91 Å². The van der Waals surface area contributed by atoms with Crippen molar-refractivity contribution in [3.63, 3.8) is 0 Å². The fourth-order valence-corrected chi connectivity index (χ4v) is 4.91. The predicted molar refractivity (Wildman–Crippen MR) is 137 cm³/mol. The lowest BCUT2D eigenvalue weighted by Crippen LogP contribution is -2.44. The van der Waals surface area contributed by atoms with E-state index in [9.17, 15) is 14.0 Å². The van der Waals surface area contributed by atoms with E-state index in [-0.39, 0.29) is 29.8 Å². The molecule has 2 fully saturated rings. The molecule has 2 aliphatic rings. The van der Waals surface area contributed by atoms with Crippen molar-refractivity contribution < 1.29 is 23.5 Å². The van der Waals surface area contributed by atoms with Crippen LogP contribution in [0.4, 0.5) is 4.39 Å². The first kappa shape index (κ1) is 25.9. The number of esters is 1. The number of hydrogen-bond acceptors (Lipinski definition) is 5. The van der Waals surface area contributed by atoms with E-state index in [1.165, 1.54) is 18.2 Å². The molecule has 0 saturated carbocycles. The molecule has 7 heteroatoms. The lowest BCUT2D eigenvalue weighted by molar-refractivity contribution is -0.151. The Bertz CT molecular complexity index is 1060. The Hall–Kier alpha value is -3.19. The number of rotatable bonds is 8. The second-order valence-electron chi connectivity index (χ2n) is 9.41. The Labute approximate surface area is 212 Å². The van der Waals surface area contributed by atoms with Crippen molar-refractivity contribution in [2.75, 3.05) is 26.2 Å². The average Bonchev–Trinajstić information content (AvgIpc) is 2.88. The Morgan fingerprint density at radius 1 is 1.03 bits per heavy atom. The molecule has 1 atom stereocenters. The number of carbonyl (C=O) groups is 2. The summed E-state index contributed by atoms with van der Waals surface area (Å²) in [4.78, 5) is 28.9. The number of nitrogens with zero attached hydrogens (tertiary/aromatic N) is 2. The highest BCUT2D eigenvalue weighted by Gasteiger charge is 2.30. The normalized spacial score (nSPS) is 19.4. The standard InChI is InChI=1S/C29H35FN2O4/c1-2-35-29(34)27-11-3-4-16-32(27)21-23-8-6-10-26(20-23)36-25-14-17-31(18-15-25)28(33)13-12-22-7-5-9-24(30)19-22/h5-10,12-13,19-20,25,27H,2-4,11,14-18,21H2,1H3/b13-12+/t27-/m1/s1. The summed E-state index contributed by atoms with van der Waals surface area (Å²) < 4.78 is 24.9. The zero-order valence-corrected chi connectivity index (χ0v) is 20.9. The van der Waals surface area contributed by atoms with Crippen LogP contribution < -0.4 is 4.74 Å². The van der Waals surface area contributed by atoms with Crippen molar-refractivity contribution in [3.8, 4) is 5.75 Å². The monoisotopic (exact) mass is 494 g/mol. The molecule has 0 radical (unpaired) electrons. The van der Waals surface area contributed by atoms with Gasteiger partial charge < -0.3 is 14.4 Å². The molecule has 0 spiro atoms. The Morgan fingerprint density at radius 3 is 2.61 bits per heavy atom. The molecule has 0 bridgehead atoms. The van der Waals surface area contributed by atoms with Crippen molar-refractivity contribution in [2.45, 2.75) is 57.7 Å². The second-order valence-corrected chi connectivity index (χ2v) is 9.41. The highest BCUT2D eigenvalue weighted by atomic mass is 19.1. The maximum atomic E-state index is 13.3. The molecule has 1 amide bonds. The van der Waals surface area contributed by atoms with E-state index >= 15 is 0 Å². The van der Waals surface area contributed by atoms with E-state index in [2.05, 4.69) is 17.0 Å². The smallest absolute Gasteiger partial charge is 0.323 e. The molecule has 2 aromatic carbocycles. The van der Waals surface area contributed by atoms with Crippen LogP contribution >= 0.6 is 0 Å². The zero-order valence-electron chi connectivity index (χ0n) is 20.9. The minimum Gasteiger partial charge on any atom is -0.490 e. The van der Waals surface area contributed by atoms with E-state index in [0.29, 0.717) is 31.8 Å². The van der Waals surface area contributed by atoms with Gasteiger partial charge in [-0.3, -0.25) is 14.5 Å². The number of hydrogen-bond donors (Lipinski definition) is 0. The molecule has 0 unspecified atom stereocenters. The van der Waals surface area contributed by atoms with E-state index in [4.69, 9.17) is 9.47 Å². The third kappa shape index (κ3) is 7.17. The van der Waals surface area contributed by atoms with Crippen LogP contribution in [-0.4, -0.2) is 60.1 Å². The van der Waals surface area contributed by atoms with Crippen LogP contribution in [0.15, 0.2) is 54.6 Å². The van der Waals surface area contributed by atoms with Crippen LogP contribution in [0.1, 0.15) is 50.2 Å². The van der Waals surface area contributed by atoms with Crippen LogP contribution in [0.2, 0.25) is 0 Å². The van der Waals surface area contributed by atoms with Crippen molar-refractivity contribution in [2.24, 2.45) is 0 Å². The van der Waals surface area contributed by atoms with Gasteiger partial charge in [0.1, 0.15) is 23.7 Å². The number of carbonyl (C=O) groups excluding carboxylic acids is 2. The van der Waals surface area contributed by atoms with Gasteiger partial charge >= 0.3 is 5.97 Å². The molecule has 2 aromatic rings. The summed E-state index contributed by atoms with van der Waals surface area (Å²) in [5.74, 6) is 0.295. The minimum absolute atomic E-state index is 0.0405. The van der Waals surface area contributed by atoms with Gasteiger partial charge in [0.05, 0.1) is 6.61 Å². The molecule has 4 rings (SSSR count). The summed E-state index contributed by atoms with van der Waals surface area (Å²) in [5.41, 5.74) is 1.78. The van der Waals surface area contributed by atoms with Gasteiger partial charge in [-0.05, 0) is 67.8 Å². The predicted octanol–water partition coefficient (Wildman–Crippen LogP) is 4.83. The van der Waals surface area contributed by atoms with Gasteiger partial charge in [-0.1, -0.05) is 30.7 Å². The minimum atomic E-state index is -0.318. The maximum absolute atomic E-state index is 13.3. The first-order valence-electron chi connectivity index (χ1n) is 12.9. The lowest BCUT2D eigenvalue weighted by Gasteiger charge is -2.34. The molecular formula is C29H35FN2O4. The third-order valence-electron chi connectivity index (χ3n) is 6.78. The summed E-state index contributed by atoms with van der Waals surface area (Å²) in [6, 6.07) is 14.1. The Kier molecular flexibility index (Phi) is 9.11. The topological polar surface area (TPSA) is 59.1 Å². The highest BCUT2D eigenvalue weighted by molar-refractivity contribution is 5.91. The Balaban J connectivity index is 1.28. The van der Waals surface area contributed by atoms with Gasteiger partial charge in [0.25, 0.3) is 0 Å². The van der Waals surface area contributed by atoms with Crippen LogP contribution in [0.3, 0.4) is 0 Å². The summed E-state index contributed by atoms with van der Waals surface area (Å²) in [6.45, 7) is 5.05. The number of amides is 1. The molecule has 192 valence electrons. The fraction of sp³-hybridized carbons (Fsp3) is 0.448. The lowest BCUT2D eigenvalue weighted by atomic mass is 10.0. The van der Waals surface area contributed by atoms with Crippen molar-refractivity contribution >= 4 is 18.0 Å². The molecular weight excluding hydrogens is 459 g/mol. The van der Waals surface area contributed by atoms with Crippen molar-refractivity contribution in [1.29, 1.82) is 0 Å². The summed E-state index contributed by atoms with van der Waals surface area (Å²) in [7, 11) is 0. The van der Waals surface area contributed by atoms with Crippen molar-refractivity contribution in [3.05, 3.63) is 71.6 Å². The highest BCUT2D eigenvalue weighted by Crippen LogP contribution is 2.24. The largest absolute Gasteiger partial charge is 0.490 e. The summed E-state index contributed by atoms with van der Waals surface area (Å²) in [6.07, 6.45) is 7.66. The van der Waals surface area contributed by atoms with Crippen LogP contribution in [-0.2, 0) is 20.9 Å². The van der Waals surface area contributed by atoms with Gasteiger partial charge in [-0.25, -0.2) is 4.39 Å². The molecule has 6 nitrogen and oxygen atoms in total. The fourth-order valence-electron chi connectivity index (χ4n) is 4.91. The van der Waals surface area contributed by atoms with E-state index in [1.54, 1.807) is 23.1 Å². The number of ether oxygens (including phenoxy) is 2. The first-order valence-corrected chi connectivity index (χ1v) is 12.9. The van der Waals surface area contributed by atoms with Crippen LogP contribution in [0, 0.1) is 5.82 Å². The SMILES string of the molecule is CCOC(=O)[C@H]1CCCCN1Cc1cccc(OC2CCN(C(=O)/C=C/c3cccc(F)c3)CC2)c1. The molecule has 2 heterocycles. The summed E-state index contributed by atoms with van der Waals surface area (Å²) >= 11 is 0. The third-order valence-corrected chi connectivity index (χ3v) is 6.78. The van der Waals surface area contributed by atoms with Gasteiger partial charge in [0, 0.05) is 38.6 Å². The molecule has 0 aromatic heterocycles. The molecule has 0 aliphatic carbocycles. The average molecular weight is 495 g/mol. The molecule has 2 saturated heterocycles. The van der Waals surface area contributed by atoms with Gasteiger partial charge in [-0.2, -0.15) is 0 Å². The van der Waals surface area contributed by atoms with E-state index < -0.39 is 0 Å². The molecule has 0 N–H and O–H groups in total. The van der Waals surface area contributed by atoms with Gasteiger partial charge in [-0.15, -0.1) is 0 Å². The zero-order chi connectivity index (χ0) is 25.3. The summed E-state index contributed by atoms with van der Waals surface area (Å²) in [5, 5.41) is 0. The first-order chi connectivity index (χ1) is 17.5. The maximum Gasteiger partial charge on any atom is 0.323 e. The van der Waals surface area contributed by atoms with Gasteiger partial charge in [0.15, 0.2) is 0 Å².